The molecule has 0 atom stereocenters. The summed E-state index contributed by atoms with van der Waals surface area (Å²) in [5, 5.41) is 8.49. The van der Waals surface area contributed by atoms with Gasteiger partial charge in [-0.2, -0.15) is 5.10 Å². The normalized spacial score (nSPS) is 11.2. The number of hydrogen-bond donors (Lipinski definition) is 2. The van der Waals surface area contributed by atoms with Crippen LogP contribution < -0.4 is 10.7 Å². The second-order valence-electron chi connectivity index (χ2n) is 7.55. The second-order valence-corrected chi connectivity index (χ2v) is 7.55. The number of carbonyl (C=O) groups is 1. The molecule has 2 N–H and O–H groups in total. The molecule has 5 nitrogen and oxygen atoms in total. The molecule has 31 heavy (non-hydrogen) atoms. The maximum atomic E-state index is 12.2. The Labute approximate surface area is 182 Å². The van der Waals surface area contributed by atoms with E-state index < -0.39 is 0 Å². The molecule has 3 aromatic carbocycles. The summed E-state index contributed by atoms with van der Waals surface area (Å²) in [6.07, 6.45) is 1.74. The van der Waals surface area contributed by atoms with Crippen molar-refractivity contribution in [3.05, 3.63) is 101 Å². The Morgan fingerprint density at radius 1 is 0.935 bits per heavy atom. The Hall–Kier alpha value is -3.86. The summed E-state index contributed by atoms with van der Waals surface area (Å²) >= 11 is 0. The SMILES string of the molecule is Cc1ccccc1NCC(=O)NN=Cc1c(C)n(Cc2ccccc2)c2ccccc12. The van der Waals surface area contributed by atoms with Crippen LogP contribution in [0.3, 0.4) is 0 Å². The zero-order chi connectivity index (χ0) is 21.6. The summed E-state index contributed by atoms with van der Waals surface area (Å²) < 4.78 is 2.29. The van der Waals surface area contributed by atoms with Gasteiger partial charge in [0.1, 0.15) is 0 Å². The van der Waals surface area contributed by atoms with Crippen LogP contribution in [0.1, 0.15) is 22.4 Å². The van der Waals surface area contributed by atoms with Gasteiger partial charge in [-0.3, -0.25) is 4.79 Å². The fraction of sp³-hybridized carbons (Fsp3) is 0.154. The van der Waals surface area contributed by atoms with Gasteiger partial charge in [0.2, 0.25) is 0 Å². The molecule has 4 rings (SSSR count). The summed E-state index contributed by atoms with van der Waals surface area (Å²) in [6.45, 7) is 5.04. The number of aryl methyl sites for hydroxylation is 1. The van der Waals surface area contributed by atoms with Crippen LogP contribution >= 0.6 is 0 Å². The fourth-order valence-corrected chi connectivity index (χ4v) is 3.75. The largest absolute Gasteiger partial charge is 0.376 e. The monoisotopic (exact) mass is 410 g/mol. The van der Waals surface area contributed by atoms with Crippen molar-refractivity contribution in [3.8, 4) is 0 Å². The standard InChI is InChI=1S/C26H26N4O/c1-19-10-6-8-14-24(19)27-17-26(31)29-28-16-23-20(2)30(18-21-11-4-3-5-12-21)25-15-9-7-13-22(23)25/h3-16,27H,17-18H2,1-2H3,(H,29,31). The molecule has 0 unspecified atom stereocenters. The molecule has 156 valence electrons. The van der Waals surface area contributed by atoms with Crippen molar-refractivity contribution in [1.29, 1.82) is 0 Å². The first-order valence-electron chi connectivity index (χ1n) is 10.4. The van der Waals surface area contributed by atoms with Crippen LogP contribution in [0.2, 0.25) is 0 Å². The number of anilines is 1. The smallest absolute Gasteiger partial charge is 0.259 e. The van der Waals surface area contributed by atoms with E-state index in [1.807, 2.05) is 49.4 Å². The van der Waals surface area contributed by atoms with E-state index in [1.54, 1.807) is 6.21 Å². The first-order chi connectivity index (χ1) is 15.1. The number of nitrogens with zero attached hydrogens (tertiary/aromatic N) is 2. The van der Waals surface area contributed by atoms with Gasteiger partial charge in [0.25, 0.3) is 5.91 Å². The molecule has 0 bridgehead atoms. The van der Waals surface area contributed by atoms with Crippen LogP contribution in [-0.2, 0) is 11.3 Å². The van der Waals surface area contributed by atoms with Crippen LogP contribution in [0.15, 0.2) is 84.0 Å². The van der Waals surface area contributed by atoms with Gasteiger partial charge in [-0.1, -0.05) is 66.7 Å². The Bertz CT molecular complexity index is 1220. The third-order valence-electron chi connectivity index (χ3n) is 5.43. The number of para-hydroxylation sites is 2. The maximum Gasteiger partial charge on any atom is 0.259 e. The number of nitrogens with one attached hydrogen (secondary N) is 2. The average Bonchev–Trinajstić information content (AvgIpc) is 3.05. The Morgan fingerprint density at radius 3 is 2.45 bits per heavy atom. The highest BCUT2D eigenvalue weighted by atomic mass is 16.2. The molecule has 1 amide bonds. The van der Waals surface area contributed by atoms with E-state index in [0.29, 0.717) is 0 Å². The molecular formula is C26H26N4O. The number of hydrazone groups is 1. The van der Waals surface area contributed by atoms with Gasteiger partial charge < -0.3 is 9.88 Å². The van der Waals surface area contributed by atoms with E-state index in [2.05, 4.69) is 63.7 Å². The molecular weight excluding hydrogens is 384 g/mol. The van der Waals surface area contributed by atoms with E-state index >= 15 is 0 Å². The predicted molar refractivity (Wildman–Crippen MR) is 128 cm³/mol. The highest BCUT2D eigenvalue weighted by Gasteiger charge is 2.12. The molecule has 1 aromatic heterocycles. The van der Waals surface area contributed by atoms with Gasteiger partial charge in [-0.25, -0.2) is 5.43 Å². The highest BCUT2D eigenvalue weighted by molar-refractivity contribution is 6.01. The second kappa shape index (κ2) is 9.30. The summed E-state index contributed by atoms with van der Waals surface area (Å²) in [7, 11) is 0. The molecule has 0 spiro atoms. The summed E-state index contributed by atoms with van der Waals surface area (Å²) in [6, 6.07) is 26.6. The minimum Gasteiger partial charge on any atom is -0.376 e. The predicted octanol–water partition coefficient (Wildman–Crippen LogP) is 4.87. The van der Waals surface area contributed by atoms with Gasteiger partial charge in [-0.15, -0.1) is 0 Å². The van der Waals surface area contributed by atoms with Crippen molar-refractivity contribution in [2.24, 2.45) is 5.10 Å². The van der Waals surface area contributed by atoms with Crippen molar-refractivity contribution in [2.75, 3.05) is 11.9 Å². The number of carbonyl (C=O) groups excluding carboxylic acids is 1. The van der Waals surface area contributed by atoms with Crippen LogP contribution in [0.5, 0.6) is 0 Å². The highest BCUT2D eigenvalue weighted by Crippen LogP contribution is 2.25. The van der Waals surface area contributed by atoms with E-state index in [1.165, 1.54) is 5.56 Å². The van der Waals surface area contributed by atoms with Crippen molar-refractivity contribution in [3.63, 3.8) is 0 Å². The summed E-state index contributed by atoms with van der Waals surface area (Å²) in [5.41, 5.74) is 9.19. The zero-order valence-electron chi connectivity index (χ0n) is 17.8. The lowest BCUT2D eigenvalue weighted by atomic mass is 10.1. The third-order valence-corrected chi connectivity index (χ3v) is 5.43. The molecule has 1 heterocycles. The lowest BCUT2D eigenvalue weighted by molar-refractivity contribution is -0.119. The molecule has 4 aromatic rings. The van der Waals surface area contributed by atoms with E-state index in [9.17, 15) is 4.79 Å². The van der Waals surface area contributed by atoms with Crippen LogP contribution in [0.4, 0.5) is 5.69 Å². The third kappa shape index (κ3) is 4.67. The van der Waals surface area contributed by atoms with Gasteiger partial charge in [-0.05, 0) is 37.1 Å². The molecule has 5 heteroatoms. The number of aromatic nitrogens is 1. The molecule has 0 aliphatic rings. The number of amides is 1. The quantitative estimate of drug-likeness (QED) is 0.337. The number of fused-ring (bicyclic) bond motifs is 1. The number of rotatable bonds is 7. The molecule has 0 aliphatic heterocycles. The lowest BCUT2D eigenvalue weighted by Crippen LogP contribution is -2.26. The maximum absolute atomic E-state index is 12.2. The lowest BCUT2D eigenvalue weighted by Gasteiger charge is -2.08. The van der Waals surface area contributed by atoms with Gasteiger partial charge in [0.15, 0.2) is 0 Å². The van der Waals surface area contributed by atoms with E-state index in [4.69, 9.17) is 0 Å². The zero-order valence-corrected chi connectivity index (χ0v) is 17.8. The Morgan fingerprint density at radius 2 is 1.65 bits per heavy atom. The van der Waals surface area contributed by atoms with Gasteiger partial charge in [0, 0.05) is 34.4 Å². The molecule has 0 radical (unpaired) electrons. The van der Waals surface area contributed by atoms with Crippen LogP contribution in [0.25, 0.3) is 10.9 Å². The first-order valence-corrected chi connectivity index (χ1v) is 10.4. The number of benzene rings is 3. The van der Waals surface area contributed by atoms with Crippen molar-refractivity contribution < 1.29 is 4.79 Å². The fourth-order valence-electron chi connectivity index (χ4n) is 3.75. The minimum atomic E-state index is -0.190. The summed E-state index contributed by atoms with van der Waals surface area (Å²) in [4.78, 5) is 12.2. The molecule has 0 fully saturated rings. The van der Waals surface area contributed by atoms with Crippen molar-refractivity contribution in [1.82, 2.24) is 9.99 Å². The van der Waals surface area contributed by atoms with Crippen LogP contribution in [0, 0.1) is 13.8 Å². The van der Waals surface area contributed by atoms with Gasteiger partial charge >= 0.3 is 0 Å². The minimum absolute atomic E-state index is 0.164. The van der Waals surface area contributed by atoms with E-state index in [-0.39, 0.29) is 12.5 Å². The van der Waals surface area contributed by atoms with Crippen molar-refractivity contribution in [2.45, 2.75) is 20.4 Å². The molecule has 0 saturated carbocycles. The first kappa shape index (κ1) is 20.4. The topological polar surface area (TPSA) is 58.4 Å². The summed E-state index contributed by atoms with van der Waals surface area (Å²) in [5.74, 6) is -0.190. The van der Waals surface area contributed by atoms with Crippen molar-refractivity contribution >= 4 is 28.7 Å². The van der Waals surface area contributed by atoms with Gasteiger partial charge in [0.05, 0.1) is 12.8 Å². The van der Waals surface area contributed by atoms with Crippen LogP contribution in [-0.4, -0.2) is 23.2 Å². The molecule has 0 aliphatic carbocycles. The van der Waals surface area contributed by atoms with E-state index in [0.717, 1.165) is 40.0 Å². The Balaban J connectivity index is 1.49. The number of hydrogen-bond acceptors (Lipinski definition) is 3. The Kier molecular flexibility index (Phi) is 6.13. The average molecular weight is 411 g/mol. The molecule has 0 saturated heterocycles.